The van der Waals surface area contributed by atoms with E-state index in [0.29, 0.717) is 25.6 Å². The molecule has 4 nitrogen and oxygen atoms in total. The van der Waals surface area contributed by atoms with E-state index in [9.17, 15) is 21.6 Å². The van der Waals surface area contributed by atoms with Crippen molar-refractivity contribution >= 4 is 22.4 Å². The van der Waals surface area contributed by atoms with Crippen LogP contribution in [0.3, 0.4) is 0 Å². The second kappa shape index (κ2) is 6.30. The molecule has 1 aromatic carbocycles. The van der Waals surface area contributed by atoms with Crippen molar-refractivity contribution in [1.82, 2.24) is 9.62 Å². The maximum absolute atomic E-state index is 13.6. The first-order valence-corrected chi connectivity index (χ1v) is 7.12. The topological polar surface area (TPSA) is 49.4 Å². The van der Waals surface area contributed by atoms with Crippen molar-refractivity contribution < 1.29 is 21.6 Å². The van der Waals surface area contributed by atoms with Gasteiger partial charge in [0.25, 0.3) is 0 Å². The van der Waals surface area contributed by atoms with E-state index < -0.39 is 32.4 Å². The lowest BCUT2D eigenvalue weighted by molar-refractivity contribution is 0.380. The average molecular weight is 331 g/mol. The van der Waals surface area contributed by atoms with Gasteiger partial charge in [-0.05, 0) is 25.1 Å². The summed E-state index contributed by atoms with van der Waals surface area (Å²) >= 11 is 0. The van der Waals surface area contributed by atoms with Gasteiger partial charge in [0.05, 0.1) is 0 Å². The molecule has 0 aliphatic carbocycles. The molecule has 1 aliphatic rings. The molecule has 9 heteroatoms. The zero-order chi connectivity index (χ0) is 14.2. The largest absolute Gasteiger partial charge is 0.315 e. The van der Waals surface area contributed by atoms with Gasteiger partial charge in [-0.3, -0.25) is 0 Å². The van der Waals surface area contributed by atoms with Crippen LogP contribution in [0.1, 0.15) is 6.42 Å². The molecule has 0 amide bonds. The summed E-state index contributed by atoms with van der Waals surface area (Å²) in [6.07, 6.45) is 0.584. The molecule has 1 saturated heterocycles. The number of hydrogen-bond acceptors (Lipinski definition) is 3. The molecule has 0 saturated carbocycles. The molecule has 1 aromatic rings. The van der Waals surface area contributed by atoms with Crippen LogP contribution in [0, 0.1) is 17.5 Å². The van der Waals surface area contributed by atoms with Gasteiger partial charge in [-0.1, -0.05) is 0 Å². The number of hydrogen-bond donors (Lipinski definition) is 1. The van der Waals surface area contributed by atoms with Crippen LogP contribution in [-0.2, 0) is 10.0 Å². The Morgan fingerprint density at radius 3 is 2.45 bits per heavy atom. The number of nitrogens with one attached hydrogen (secondary N) is 1. The lowest BCUT2D eigenvalue weighted by atomic mass is 10.3. The Morgan fingerprint density at radius 1 is 1.25 bits per heavy atom. The highest BCUT2D eigenvalue weighted by atomic mass is 35.5. The molecule has 0 radical (unpaired) electrons. The summed E-state index contributed by atoms with van der Waals surface area (Å²) in [7, 11) is -2.88. The number of sulfonamides is 1. The second-order valence-electron chi connectivity index (χ2n) is 4.34. The van der Waals surface area contributed by atoms with Crippen LogP contribution in [0.5, 0.6) is 0 Å². The first kappa shape index (κ1) is 17.2. The van der Waals surface area contributed by atoms with E-state index >= 15 is 0 Å². The molecule has 1 unspecified atom stereocenters. The van der Waals surface area contributed by atoms with E-state index in [-0.39, 0.29) is 18.4 Å². The van der Waals surface area contributed by atoms with E-state index in [1.165, 1.54) is 7.05 Å². The van der Waals surface area contributed by atoms with Gasteiger partial charge in [0, 0.05) is 19.6 Å². The first-order chi connectivity index (χ1) is 8.85. The monoisotopic (exact) mass is 330 g/mol. The fourth-order valence-corrected chi connectivity index (χ4v) is 3.45. The quantitative estimate of drug-likeness (QED) is 0.855. The van der Waals surface area contributed by atoms with Crippen molar-refractivity contribution in [2.24, 2.45) is 0 Å². The third-order valence-corrected chi connectivity index (χ3v) is 5.13. The highest BCUT2D eigenvalue weighted by Crippen LogP contribution is 2.24. The minimum atomic E-state index is -4.18. The number of halogens is 4. The van der Waals surface area contributed by atoms with Crippen molar-refractivity contribution in [3.05, 3.63) is 29.6 Å². The van der Waals surface area contributed by atoms with Gasteiger partial charge in [0.15, 0.2) is 17.5 Å². The van der Waals surface area contributed by atoms with Gasteiger partial charge in [-0.15, -0.1) is 12.4 Å². The predicted octanol–water partition coefficient (Wildman–Crippen LogP) is 1.51. The molecule has 114 valence electrons. The van der Waals surface area contributed by atoms with Crippen LogP contribution < -0.4 is 5.32 Å². The zero-order valence-corrected chi connectivity index (χ0v) is 12.2. The number of benzene rings is 1. The molecule has 0 aromatic heterocycles. The van der Waals surface area contributed by atoms with Gasteiger partial charge in [0.1, 0.15) is 4.90 Å². The number of likely N-dealkylation sites (N-methyl/N-ethyl adjacent to an activating group) is 1. The van der Waals surface area contributed by atoms with E-state index in [4.69, 9.17) is 0 Å². The zero-order valence-electron chi connectivity index (χ0n) is 10.6. The van der Waals surface area contributed by atoms with Crippen molar-refractivity contribution in [3.63, 3.8) is 0 Å². The molecule has 0 spiro atoms. The summed E-state index contributed by atoms with van der Waals surface area (Å²) in [5.74, 6) is -4.88. The van der Waals surface area contributed by atoms with Gasteiger partial charge >= 0.3 is 0 Å². The molecule has 1 atom stereocenters. The third kappa shape index (κ3) is 2.93. The fourth-order valence-electron chi connectivity index (χ4n) is 2.01. The Morgan fingerprint density at radius 2 is 1.90 bits per heavy atom. The maximum Gasteiger partial charge on any atom is 0.246 e. The summed E-state index contributed by atoms with van der Waals surface area (Å²) in [4.78, 5) is -0.846. The lowest BCUT2D eigenvalue weighted by Crippen LogP contribution is -2.38. The van der Waals surface area contributed by atoms with Crippen LogP contribution in [-0.4, -0.2) is 38.9 Å². The summed E-state index contributed by atoms with van der Waals surface area (Å²) in [5, 5.41) is 2.98. The van der Waals surface area contributed by atoms with Crippen LogP contribution >= 0.6 is 12.4 Å². The molecule has 1 aliphatic heterocycles. The van der Waals surface area contributed by atoms with Gasteiger partial charge in [-0.25, -0.2) is 21.6 Å². The van der Waals surface area contributed by atoms with E-state index in [1.807, 2.05) is 0 Å². The Hall–Kier alpha value is -0.830. The van der Waals surface area contributed by atoms with E-state index in [0.717, 1.165) is 10.4 Å². The summed E-state index contributed by atoms with van der Waals surface area (Å²) < 4.78 is 64.8. The Bertz CT molecular complexity index is 592. The van der Waals surface area contributed by atoms with Crippen molar-refractivity contribution in [3.8, 4) is 0 Å². The van der Waals surface area contributed by atoms with Gasteiger partial charge < -0.3 is 5.32 Å². The Labute approximate surface area is 121 Å². The molecular weight excluding hydrogens is 317 g/mol. The molecule has 1 N–H and O–H groups in total. The van der Waals surface area contributed by atoms with Crippen LogP contribution in [0.25, 0.3) is 0 Å². The summed E-state index contributed by atoms with van der Waals surface area (Å²) in [6.45, 7) is 1.10. The Balaban J connectivity index is 0.00000200. The summed E-state index contributed by atoms with van der Waals surface area (Å²) in [5.41, 5.74) is 0. The fraction of sp³-hybridized carbons (Fsp3) is 0.455. The van der Waals surface area contributed by atoms with Crippen LogP contribution in [0.2, 0.25) is 0 Å². The van der Waals surface area contributed by atoms with Crippen LogP contribution in [0.15, 0.2) is 17.0 Å². The van der Waals surface area contributed by atoms with E-state index in [2.05, 4.69) is 5.32 Å². The van der Waals surface area contributed by atoms with Gasteiger partial charge in [-0.2, -0.15) is 4.31 Å². The van der Waals surface area contributed by atoms with Crippen molar-refractivity contribution in [2.75, 3.05) is 20.1 Å². The molecule has 2 rings (SSSR count). The highest BCUT2D eigenvalue weighted by Gasteiger charge is 2.33. The van der Waals surface area contributed by atoms with E-state index in [1.54, 1.807) is 0 Å². The normalized spacial score (nSPS) is 19.1. The second-order valence-corrected chi connectivity index (χ2v) is 6.31. The standard InChI is InChI=1S/C11H13F3N2O2S.ClH/c1-16(7-4-5-15-6-7)19(17,18)9-3-2-8(12)10(13)11(9)14;/h2-3,7,15H,4-6H2,1H3;1H. The number of rotatable bonds is 3. The van der Waals surface area contributed by atoms with Crippen LogP contribution in [0.4, 0.5) is 13.2 Å². The smallest absolute Gasteiger partial charge is 0.246 e. The average Bonchev–Trinajstić information content (AvgIpc) is 2.88. The lowest BCUT2D eigenvalue weighted by Gasteiger charge is -2.23. The van der Waals surface area contributed by atoms with Crippen molar-refractivity contribution in [1.29, 1.82) is 0 Å². The predicted molar refractivity (Wildman–Crippen MR) is 69.8 cm³/mol. The molecule has 0 bridgehead atoms. The minimum absolute atomic E-state index is 0. The maximum atomic E-state index is 13.6. The Kier molecular flexibility index (Phi) is 5.42. The summed E-state index contributed by atoms with van der Waals surface area (Å²) in [6, 6.07) is 1.02. The molecule has 1 fully saturated rings. The van der Waals surface area contributed by atoms with Gasteiger partial charge in [0.2, 0.25) is 10.0 Å². The SMILES string of the molecule is CN(C1CCNC1)S(=O)(=O)c1ccc(F)c(F)c1F.Cl. The number of nitrogens with zero attached hydrogens (tertiary/aromatic N) is 1. The highest BCUT2D eigenvalue weighted by molar-refractivity contribution is 7.89. The molecule has 1 heterocycles. The minimum Gasteiger partial charge on any atom is -0.315 e. The first-order valence-electron chi connectivity index (χ1n) is 5.68. The molecule has 20 heavy (non-hydrogen) atoms. The third-order valence-electron chi connectivity index (χ3n) is 3.21. The van der Waals surface area contributed by atoms with Crippen molar-refractivity contribution in [2.45, 2.75) is 17.4 Å². The molecular formula is C11H14ClF3N2O2S.